The third kappa shape index (κ3) is 4.27. The Labute approximate surface area is 206 Å². The maximum atomic E-state index is 13.5. The summed E-state index contributed by atoms with van der Waals surface area (Å²) in [6.07, 6.45) is 3.17. The van der Waals surface area contributed by atoms with Crippen LogP contribution in [-0.4, -0.2) is 17.4 Å². The number of nitrogens with zero attached hydrogens (tertiary/aromatic N) is 2. The van der Waals surface area contributed by atoms with Crippen molar-refractivity contribution in [2.45, 2.75) is 32.7 Å². The Morgan fingerprint density at radius 3 is 2.44 bits per heavy atom. The number of halogens is 1. The van der Waals surface area contributed by atoms with E-state index in [1.54, 1.807) is 0 Å². The van der Waals surface area contributed by atoms with Gasteiger partial charge in [0, 0.05) is 24.0 Å². The number of hydrogen-bond acceptors (Lipinski definition) is 2. The molecule has 1 saturated heterocycles. The van der Waals surface area contributed by atoms with Crippen molar-refractivity contribution < 1.29 is 4.79 Å². The fourth-order valence-electron chi connectivity index (χ4n) is 5.57. The molecular weight excluding hydrogens is 440 g/mol. The lowest BCUT2D eigenvalue weighted by Crippen LogP contribution is -2.26. The summed E-state index contributed by atoms with van der Waals surface area (Å²) in [6.45, 7) is 5.65. The summed E-state index contributed by atoms with van der Waals surface area (Å²) in [5, 5.41) is 9.77. The summed E-state index contributed by atoms with van der Waals surface area (Å²) in [5.41, 5.74) is 7.93. The standard InChI is InChI=1S/C30H27ClN2O/c1-19-3-12-26(20(2)13-19)29-14-24-18-33(17-22-6-4-21(16-32)5-7-22)30(34)28(24)15-27(29)23-8-10-25(31)11-9-23/h3-13,15,24,28-29H,14,17-18H2,1-2H3. The molecule has 4 heteroatoms. The van der Waals surface area contributed by atoms with Gasteiger partial charge in [0.1, 0.15) is 0 Å². The van der Waals surface area contributed by atoms with Crippen LogP contribution in [0, 0.1) is 37.0 Å². The molecule has 1 amide bonds. The van der Waals surface area contributed by atoms with Crippen LogP contribution in [0.15, 0.2) is 72.8 Å². The van der Waals surface area contributed by atoms with E-state index >= 15 is 0 Å². The van der Waals surface area contributed by atoms with Gasteiger partial charge in [0.2, 0.25) is 5.91 Å². The van der Waals surface area contributed by atoms with Gasteiger partial charge < -0.3 is 4.90 Å². The summed E-state index contributed by atoms with van der Waals surface area (Å²) >= 11 is 6.18. The van der Waals surface area contributed by atoms with Gasteiger partial charge in [-0.15, -0.1) is 0 Å². The molecule has 5 rings (SSSR count). The molecule has 0 radical (unpaired) electrons. The van der Waals surface area contributed by atoms with Crippen LogP contribution in [0.1, 0.15) is 45.7 Å². The van der Waals surface area contributed by atoms with Crippen LogP contribution < -0.4 is 0 Å². The minimum atomic E-state index is -0.105. The smallest absolute Gasteiger partial charge is 0.230 e. The van der Waals surface area contributed by atoms with Gasteiger partial charge >= 0.3 is 0 Å². The molecule has 3 aromatic carbocycles. The number of carbonyl (C=O) groups excluding carboxylic acids is 1. The van der Waals surface area contributed by atoms with Gasteiger partial charge in [0.15, 0.2) is 0 Å². The topological polar surface area (TPSA) is 44.1 Å². The van der Waals surface area contributed by atoms with E-state index in [2.05, 4.69) is 56.3 Å². The second-order valence-corrected chi connectivity index (χ2v) is 10.0. The second-order valence-electron chi connectivity index (χ2n) is 9.59. The van der Waals surface area contributed by atoms with Gasteiger partial charge in [-0.3, -0.25) is 4.79 Å². The molecule has 0 N–H and O–H groups in total. The Hall–Kier alpha value is -3.35. The number of fused-ring (bicyclic) bond motifs is 1. The number of carbonyl (C=O) groups is 1. The van der Waals surface area contributed by atoms with Crippen molar-refractivity contribution in [3.63, 3.8) is 0 Å². The zero-order valence-electron chi connectivity index (χ0n) is 19.5. The van der Waals surface area contributed by atoms with Crippen LogP contribution in [0.2, 0.25) is 5.02 Å². The zero-order valence-corrected chi connectivity index (χ0v) is 20.2. The van der Waals surface area contributed by atoms with Crippen LogP contribution in [0.25, 0.3) is 5.57 Å². The van der Waals surface area contributed by atoms with Crippen LogP contribution in [0.4, 0.5) is 0 Å². The molecule has 2 aliphatic rings. The van der Waals surface area contributed by atoms with Crippen LogP contribution in [0.3, 0.4) is 0 Å². The van der Waals surface area contributed by atoms with E-state index in [9.17, 15) is 4.79 Å². The van der Waals surface area contributed by atoms with E-state index < -0.39 is 0 Å². The molecule has 1 aliphatic carbocycles. The second kappa shape index (κ2) is 9.12. The molecule has 3 aromatic rings. The van der Waals surface area contributed by atoms with Gasteiger partial charge in [-0.1, -0.05) is 65.7 Å². The van der Waals surface area contributed by atoms with E-state index in [-0.39, 0.29) is 23.7 Å². The van der Waals surface area contributed by atoms with E-state index in [1.807, 2.05) is 41.3 Å². The van der Waals surface area contributed by atoms with Gasteiger partial charge in [-0.05, 0) is 78.3 Å². The molecule has 170 valence electrons. The summed E-state index contributed by atoms with van der Waals surface area (Å²) in [4.78, 5) is 15.4. The fraction of sp³-hybridized carbons (Fsp3) is 0.267. The van der Waals surface area contributed by atoms with Crippen molar-refractivity contribution in [2.24, 2.45) is 11.8 Å². The summed E-state index contributed by atoms with van der Waals surface area (Å²) in [7, 11) is 0. The van der Waals surface area contributed by atoms with Crippen molar-refractivity contribution >= 4 is 23.1 Å². The molecule has 0 spiro atoms. The van der Waals surface area contributed by atoms with Gasteiger partial charge in [0.05, 0.1) is 17.6 Å². The molecule has 3 atom stereocenters. The molecule has 1 fully saturated rings. The van der Waals surface area contributed by atoms with Crippen molar-refractivity contribution in [1.82, 2.24) is 4.90 Å². The molecule has 3 nitrogen and oxygen atoms in total. The van der Waals surface area contributed by atoms with Crippen LogP contribution >= 0.6 is 11.6 Å². The largest absolute Gasteiger partial charge is 0.338 e. The van der Waals surface area contributed by atoms with Crippen LogP contribution in [0.5, 0.6) is 0 Å². The highest BCUT2D eigenvalue weighted by molar-refractivity contribution is 6.30. The molecule has 1 heterocycles. The van der Waals surface area contributed by atoms with Gasteiger partial charge in [-0.25, -0.2) is 0 Å². The Balaban J connectivity index is 1.48. The third-order valence-electron chi connectivity index (χ3n) is 7.27. The summed E-state index contributed by atoms with van der Waals surface area (Å²) in [5.74, 6) is 0.615. The average molecular weight is 467 g/mol. The van der Waals surface area contributed by atoms with E-state index in [0.717, 1.165) is 24.1 Å². The number of nitriles is 1. The van der Waals surface area contributed by atoms with Crippen molar-refractivity contribution in [2.75, 3.05) is 6.54 Å². The number of hydrogen-bond donors (Lipinski definition) is 0. The molecular formula is C30H27ClN2O. The van der Waals surface area contributed by atoms with Gasteiger partial charge in [0.25, 0.3) is 0 Å². The van der Waals surface area contributed by atoms with E-state index in [1.165, 1.54) is 22.3 Å². The predicted octanol–water partition coefficient (Wildman–Crippen LogP) is 6.67. The minimum absolute atomic E-state index is 0.105. The normalized spacial score (nSPS) is 21.7. The van der Waals surface area contributed by atoms with Crippen molar-refractivity contribution in [3.05, 3.63) is 111 Å². The first-order valence-corrected chi connectivity index (χ1v) is 12.1. The lowest BCUT2D eigenvalue weighted by molar-refractivity contribution is -0.130. The number of benzene rings is 3. The predicted molar refractivity (Wildman–Crippen MR) is 136 cm³/mol. The SMILES string of the molecule is Cc1ccc(C2CC3CN(Cc4ccc(C#N)cc4)C(=O)C3C=C2c2ccc(Cl)cc2)c(C)c1. The third-order valence-corrected chi connectivity index (χ3v) is 7.52. The molecule has 3 unspecified atom stereocenters. The first-order chi connectivity index (χ1) is 16.4. The molecule has 0 aromatic heterocycles. The molecule has 34 heavy (non-hydrogen) atoms. The first-order valence-electron chi connectivity index (χ1n) is 11.8. The van der Waals surface area contributed by atoms with Crippen molar-refractivity contribution in [1.29, 1.82) is 5.26 Å². The number of aryl methyl sites for hydroxylation is 2. The highest BCUT2D eigenvalue weighted by Crippen LogP contribution is 2.48. The van der Waals surface area contributed by atoms with Gasteiger partial charge in [-0.2, -0.15) is 5.26 Å². The highest BCUT2D eigenvalue weighted by Gasteiger charge is 2.44. The lowest BCUT2D eigenvalue weighted by Gasteiger charge is -2.32. The quantitative estimate of drug-likeness (QED) is 0.430. The number of allylic oxidation sites excluding steroid dienone is 1. The average Bonchev–Trinajstić information content (AvgIpc) is 3.13. The number of rotatable bonds is 4. The number of likely N-dealkylation sites (tertiary alicyclic amines) is 1. The Bertz CT molecular complexity index is 1300. The Kier molecular flexibility index (Phi) is 6.02. The molecule has 0 bridgehead atoms. The summed E-state index contributed by atoms with van der Waals surface area (Å²) < 4.78 is 0. The molecule has 0 saturated carbocycles. The Morgan fingerprint density at radius 1 is 1.03 bits per heavy atom. The van der Waals surface area contributed by atoms with Crippen molar-refractivity contribution in [3.8, 4) is 6.07 Å². The molecule has 1 aliphatic heterocycles. The Morgan fingerprint density at radius 2 is 1.76 bits per heavy atom. The highest BCUT2D eigenvalue weighted by atomic mass is 35.5. The summed E-state index contributed by atoms with van der Waals surface area (Å²) in [6, 6.07) is 24.4. The van der Waals surface area contributed by atoms with E-state index in [4.69, 9.17) is 16.9 Å². The zero-order chi connectivity index (χ0) is 23.8. The fourth-order valence-corrected chi connectivity index (χ4v) is 5.69. The maximum absolute atomic E-state index is 13.5. The number of amides is 1. The van der Waals surface area contributed by atoms with E-state index in [0.29, 0.717) is 17.1 Å². The first kappa shape index (κ1) is 22.4. The minimum Gasteiger partial charge on any atom is -0.338 e. The monoisotopic (exact) mass is 466 g/mol. The van der Waals surface area contributed by atoms with Crippen LogP contribution in [-0.2, 0) is 11.3 Å². The lowest BCUT2D eigenvalue weighted by atomic mass is 9.71. The maximum Gasteiger partial charge on any atom is 0.230 e.